The number of nitrogens with one attached hydrogen (secondary N) is 2. The Morgan fingerprint density at radius 3 is 2.57 bits per heavy atom. The lowest BCUT2D eigenvalue weighted by Crippen LogP contribution is -2.50. The molecule has 196 valence electrons. The molecule has 0 unspecified atom stereocenters. The van der Waals surface area contributed by atoms with Crippen molar-refractivity contribution < 1.29 is 25.3 Å². The van der Waals surface area contributed by atoms with E-state index in [0.717, 1.165) is 23.0 Å². The number of hydrogen-bond acceptors (Lipinski definition) is 9. The Balaban J connectivity index is 1.67. The number of nitrogens with zero attached hydrogens (tertiary/aromatic N) is 5. The number of halogens is 1. The van der Waals surface area contributed by atoms with E-state index < -0.39 is 49.4 Å². The van der Waals surface area contributed by atoms with E-state index in [-0.39, 0.29) is 31.5 Å². The van der Waals surface area contributed by atoms with E-state index in [2.05, 4.69) is 25.6 Å². The van der Waals surface area contributed by atoms with Crippen molar-refractivity contribution in [3.63, 3.8) is 0 Å². The predicted octanol–water partition coefficient (Wildman–Crippen LogP) is 5.26. The van der Waals surface area contributed by atoms with Crippen molar-refractivity contribution in [2.45, 2.75) is 40.2 Å². The maximum Gasteiger partial charge on any atom is 0.410 e. The summed E-state index contributed by atoms with van der Waals surface area (Å²) < 4.78 is 73.9. The number of aromatic nitrogens is 3. The van der Waals surface area contributed by atoms with Gasteiger partial charge in [0.1, 0.15) is 27.9 Å². The minimum Gasteiger partial charge on any atom is -0.444 e. The van der Waals surface area contributed by atoms with Crippen LogP contribution in [0.25, 0.3) is 0 Å². The zero-order valence-electron chi connectivity index (χ0n) is 28.6. The fraction of sp³-hybridized carbons (Fsp3) is 0.400. The van der Waals surface area contributed by atoms with Crippen LogP contribution in [0.1, 0.15) is 52.8 Å². The molecule has 0 radical (unpaired) electrons. The third-order valence-corrected chi connectivity index (χ3v) is 5.83. The van der Waals surface area contributed by atoms with Crippen LogP contribution in [0.5, 0.6) is 0 Å². The molecule has 0 spiro atoms. The molecule has 2 aromatic heterocycles. The standard InChI is InChI=1S/C25H30ClN7O3S/c1-15-7-6-8-17(26)21(15)31-22(34)18-14-27-23(37-18)30-19-13-20(29-16(2)28-19)32-9-11-33(12-10-32)24(35)36-25(3,4)5/h6-8,13-14H,9-12H2,1-5H3,(H,31,34)(H,27,28,29,30)/i9D2,10D2,11D2,12D2. The van der Waals surface area contributed by atoms with Gasteiger partial charge in [-0.2, -0.15) is 0 Å². The summed E-state index contributed by atoms with van der Waals surface area (Å²) in [5.74, 6) is -1.06. The van der Waals surface area contributed by atoms with Gasteiger partial charge in [0.15, 0.2) is 5.13 Å². The first-order chi connectivity index (χ1) is 20.5. The van der Waals surface area contributed by atoms with Gasteiger partial charge in [-0.25, -0.2) is 19.7 Å². The summed E-state index contributed by atoms with van der Waals surface area (Å²) in [4.78, 5) is 38.5. The topological polar surface area (TPSA) is 113 Å². The average Bonchev–Trinajstić information content (AvgIpc) is 3.32. The molecule has 3 heterocycles. The monoisotopic (exact) mass is 551 g/mol. The molecule has 1 saturated heterocycles. The molecular weight excluding hydrogens is 514 g/mol. The van der Waals surface area contributed by atoms with E-state index in [1.54, 1.807) is 25.1 Å². The number of carbonyl (C=O) groups is 2. The molecule has 1 aromatic carbocycles. The van der Waals surface area contributed by atoms with Crippen molar-refractivity contribution in [2.75, 3.05) is 41.5 Å². The maximum absolute atomic E-state index is 13.0. The van der Waals surface area contributed by atoms with Crippen LogP contribution in [0.4, 0.5) is 27.2 Å². The third kappa shape index (κ3) is 6.86. The zero-order valence-corrected chi connectivity index (χ0v) is 22.2. The lowest BCUT2D eigenvalue weighted by atomic mass is 10.2. The molecular formula is C25H30ClN7O3S. The Labute approximate surface area is 236 Å². The third-order valence-electron chi connectivity index (χ3n) is 4.60. The van der Waals surface area contributed by atoms with Crippen molar-refractivity contribution >= 4 is 57.4 Å². The quantitative estimate of drug-likeness (QED) is 0.442. The van der Waals surface area contributed by atoms with Gasteiger partial charge in [0, 0.05) is 32.1 Å². The van der Waals surface area contributed by atoms with E-state index in [1.165, 1.54) is 33.9 Å². The molecule has 2 amide bonds. The van der Waals surface area contributed by atoms with E-state index in [0.29, 0.717) is 10.7 Å². The summed E-state index contributed by atoms with van der Waals surface area (Å²) in [6, 6.07) is 6.25. The SMILES string of the molecule is [2H]C1([2H])N(C(=O)OC(C)(C)C)C([2H])([2H])C([2H])([2H])N(c2cc(Nc3ncc(C(=O)Nc4c(C)cccc4Cl)s3)nc(C)n2)C1([2H])[2H]. The Morgan fingerprint density at radius 2 is 1.89 bits per heavy atom. The number of aryl methyl sites for hydroxylation is 2. The van der Waals surface area contributed by atoms with Crippen molar-refractivity contribution in [3.8, 4) is 0 Å². The highest BCUT2D eigenvalue weighted by atomic mass is 35.5. The van der Waals surface area contributed by atoms with Gasteiger partial charge in [0.05, 0.1) is 27.9 Å². The highest BCUT2D eigenvalue weighted by Crippen LogP contribution is 2.28. The van der Waals surface area contributed by atoms with Crippen molar-refractivity contribution in [2.24, 2.45) is 0 Å². The Hall–Kier alpha value is -3.44. The number of hydrogen-bond donors (Lipinski definition) is 2. The average molecular weight is 552 g/mol. The second-order valence-electron chi connectivity index (χ2n) is 8.80. The van der Waals surface area contributed by atoms with Crippen molar-refractivity contribution in [1.29, 1.82) is 0 Å². The number of piperazine rings is 1. The molecule has 0 aliphatic carbocycles. The van der Waals surface area contributed by atoms with Gasteiger partial charge >= 0.3 is 6.09 Å². The first-order valence-electron chi connectivity index (χ1n) is 15.0. The summed E-state index contributed by atoms with van der Waals surface area (Å²) in [7, 11) is 0. The lowest BCUT2D eigenvalue weighted by Gasteiger charge is -2.36. The summed E-state index contributed by atoms with van der Waals surface area (Å²) in [6.45, 7) is -6.16. The Kier molecular flexibility index (Phi) is 5.28. The van der Waals surface area contributed by atoms with Crippen LogP contribution in [0.3, 0.4) is 0 Å². The Morgan fingerprint density at radius 1 is 1.16 bits per heavy atom. The number of amides is 2. The van der Waals surface area contributed by atoms with Gasteiger partial charge < -0.3 is 25.2 Å². The van der Waals surface area contributed by atoms with Gasteiger partial charge in [-0.3, -0.25) is 4.79 Å². The maximum atomic E-state index is 13.0. The van der Waals surface area contributed by atoms with Crippen LogP contribution >= 0.6 is 22.9 Å². The number of carbonyl (C=O) groups excluding carboxylic acids is 2. The minimum atomic E-state index is -3.46. The lowest BCUT2D eigenvalue weighted by molar-refractivity contribution is 0.0240. The van der Waals surface area contributed by atoms with Crippen LogP contribution in [-0.4, -0.2) is 63.4 Å². The molecule has 0 saturated carbocycles. The van der Waals surface area contributed by atoms with E-state index in [1.807, 2.05) is 0 Å². The fourth-order valence-corrected chi connectivity index (χ4v) is 4.00. The van der Waals surface area contributed by atoms with Crippen molar-refractivity contribution in [3.05, 3.63) is 51.7 Å². The highest BCUT2D eigenvalue weighted by molar-refractivity contribution is 7.17. The zero-order chi connectivity index (χ0) is 33.9. The number of ether oxygens (including phenoxy) is 1. The second-order valence-corrected chi connectivity index (χ2v) is 10.2. The summed E-state index contributed by atoms with van der Waals surface area (Å²) in [6.07, 6.45) is -0.279. The molecule has 1 aliphatic rings. The molecule has 37 heavy (non-hydrogen) atoms. The molecule has 10 nitrogen and oxygen atoms in total. The minimum absolute atomic E-state index is 0.0130. The first-order valence-corrected chi connectivity index (χ1v) is 12.2. The Bertz CT molecular complexity index is 1600. The number of benzene rings is 1. The smallest absolute Gasteiger partial charge is 0.410 e. The van der Waals surface area contributed by atoms with Gasteiger partial charge in [-0.05, 0) is 46.2 Å². The molecule has 0 bridgehead atoms. The molecule has 1 aliphatic heterocycles. The largest absolute Gasteiger partial charge is 0.444 e. The second kappa shape index (κ2) is 10.9. The highest BCUT2D eigenvalue weighted by Gasteiger charge is 2.26. The van der Waals surface area contributed by atoms with Gasteiger partial charge in [-0.1, -0.05) is 35.1 Å². The predicted molar refractivity (Wildman–Crippen MR) is 146 cm³/mol. The van der Waals surface area contributed by atoms with Gasteiger partial charge in [0.2, 0.25) is 0 Å². The first kappa shape index (κ1) is 17.9. The normalized spacial score (nSPS) is 22.5. The van der Waals surface area contributed by atoms with Crippen LogP contribution in [0.2, 0.25) is 5.02 Å². The van der Waals surface area contributed by atoms with Gasteiger partial charge in [0.25, 0.3) is 5.91 Å². The van der Waals surface area contributed by atoms with Crippen LogP contribution in [0.15, 0.2) is 30.5 Å². The molecule has 3 aromatic rings. The summed E-state index contributed by atoms with van der Waals surface area (Å²) in [5.41, 5.74) is -0.0186. The van der Waals surface area contributed by atoms with Crippen LogP contribution in [0, 0.1) is 13.8 Å². The molecule has 1 fully saturated rings. The van der Waals surface area contributed by atoms with Crippen LogP contribution < -0.4 is 15.5 Å². The van der Waals surface area contributed by atoms with Crippen LogP contribution in [-0.2, 0) is 4.74 Å². The molecule has 2 N–H and O–H groups in total. The summed E-state index contributed by atoms with van der Waals surface area (Å²) in [5, 5.41) is 6.11. The van der Waals surface area contributed by atoms with E-state index >= 15 is 0 Å². The van der Waals surface area contributed by atoms with Crippen molar-refractivity contribution in [1.82, 2.24) is 19.9 Å². The molecule has 4 rings (SSSR count). The molecule has 12 heteroatoms. The number of rotatable bonds is 5. The molecule has 0 atom stereocenters. The number of thiazole rings is 1. The number of para-hydroxylation sites is 1. The van der Waals surface area contributed by atoms with E-state index in [9.17, 15) is 9.59 Å². The number of anilines is 4. The fourth-order valence-electron chi connectivity index (χ4n) is 3.01. The van der Waals surface area contributed by atoms with E-state index in [4.69, 9.17) is 27.3 Å². The van der Waals surface area contributed by atoms with Gasteiger partial charge in [-0.15, -0.1) is 0 Å². The summed E-state index contributed by atoms with van der Waals surface area (Å²) >= 11 is 7.15.